The Morgan fingerprint density at radius 1 is 1.00 bits per heavy atom. The molecule has 0 N–H and O–H groups in total. The van der Waals surface area contributed by atoms with Crippen molar-refractivity contribution in [3.05, 3.63) is 12.0 Å². The molecule has 1 aromatic heterocycles. The Kier molecular flexibility index (Phi) is 5.23. The molecule has 2 atom stereocenters. The van der Waals surface area contributed by atoms with Crippen LogP contribution in [-0.2, 0) is 11.2 Å². The topological polar surface area (TPSA) is 52.6 Å². The SMILES string of the molecule is CN1CCC(Cc2ncc3c(n2)N(C2CCCC2)[C@@H]2CCC[C@@H]2C(=O)N3C)CC1. The maximum atomic E-state index is 13.2. The summed E-state index contributed by atoms with van der Waals surface area (Å²) in [4.78, 5) is 30.0. The molecule has 1 amide bonds. The van der Waals surface area contributed by atoms with Crippen LogP contribution in [0.1, 0.15) is 63.6 Å². The molecule has 5 rings (SSSR count). The lowest BCUT2D eigenvalue weighted by atomic mass is 9.93. The van der Waals surface area contributed by atoms with Crippen LogP contribution >= 0.6 is 0 Å². The average Bonchev–Trinajstić information content (AvgIpc) is 3.41. The first-order chi connectivity index (χ1) is 14.1. The maximum Gasteiger partial charge on any atom is 0.232 e. The van der Waals surface area contributed by atoms with Crippen molar-refractivity contribution in [2.24, 2.45) is 11.8 Å². The van der Waals surface area contributed by atoms with Gasteiger partial charge in [-0.05, 0) is 64.6 Å². The van der Waals surface area contributed by atoms with Crippen molar-refractivity contribution >= 4 is 17.4 Å². The normalized spacial score (nSPS) is 29.2. The second-order valence-corrected chi connectivity index (χ2v) is 9.79. The van der Waals surface area contributed by atoms with E-state index < -0.39 is 0 Å². The molecule has 2 aliphatic carbocycles. The number of carbonyl (C=O) groups is 1. The van der Waals surface area contributed by atoms with Gasteiger partial charge in [-0.2, -0.15) is 0 Å². The van der Waals surface area contributed by atoms with Gasteiger partial charge in [-0.1, -0.05) is 19.3 Å². The highest BCUT2D eigenvalue weighted by Gasteiger charge is 2.45. The number of nitrogens with zero attached hydrogens (tertiary/aromatic N) is 5. The maximum absolute atomic E-state index is 13.2. The van der Waals surface area contributed by atoms with Gasteiger partial charge < -0.3 is 14.7 Å². The van der Waals surface area contributed by atoms with Crippen LogP contribution in [0, 0.1) is 11.8 Å². The fourth-order valence-electron chi connectivity index (χ4n) is 6.16. The smallest absolute Gasteiger partial charge is 0.232 e. The summed E-state index contributed by atoms with van der Waals surface area (Å²) in [6.45, 7) is 2.34. The third kappa shape index (κ3) is 3.54. The molecule has 29 heavy (non-hydrogen) atoms. The number of piperidine rings is 1. The second-order valence-electron chi connectivity index (χ2n) is 9.79. The van der Waals surface area contributed by atoms with E-state index >= 15 is 0 Å². The summed E-state index contributed by atoms with van der Waals surface area (Å²) in [5.74, 6) is 3.07. The summed E-state index contributed by atoms with van der Waals surface area (Å²) < 4.78 is 0. The Morgan fingerprint density at radius 3 is 2.52 bits per heavy atom. The lowest BCUT2D eigenvalue weighted by Gasteiger charge is -2.37. The number of aromatic nitrogens is 2. The molecule has 2 aliphatic heterocycles. The van der Waals surface area contributed by atoms with E-state index in [2.05, 4.69) is 16.8 Å². The van der Waals surface area contributed by atoms with Crippen LogP contribution in [0.5, 0.6) is 0 Å². The molecule has 6 heteroatoms. The monoisotopic (exact) mass is 397 g/mol. The average molecular weight is 398 g/mol. The lowest BCUT2D eigenvalue weighted by molar-refractivity contribution is -0.122. The van der Waals surface area contributed by atoms with Crippen LogP contribution in [0.25, 0.3) is 0 Å². The molecule has 158 valence electrons. The number of likely N-dealkylation sites (tertiary alicyclic amines) is 1. The molecule has 1 saturated heterocycles. The first-order valence-electron chi connectivity index (χ1n) is 11.7. The summed E-state index contributed by atoms with van der Waals surface area (Å²) in [5.41, 5.74) is 0.920. The van der Waals surface area contributed by atoms with Crippen molar-refractivity contribution in [3.8, 4) is 0 Å². The standard InChI is InChI=1S/C23H35N5O/c1-26-12-10-16(11-13-26)14-21-24-15-20-22(25-21)28(17-6-3-4-7-17)19-9-5-8-18(19)23(29)27(20)2/h15-19H,3-14H2,1-2H3/t18-,19+/m0/s1. The van der Waals surface area contributed by atoms with Gasteiger partial charge in [0.05, 0.1) is 12.1 Å². The van der Waals surface area contributed by atoms with Gasteiger partial charge in [-0.3, -0.25) is 4.79 Å². The van der Waals surface area contributed by atoms with Crippen LogP contribution in [0.2, 0.25) is 0 Å². The molecule has 3 heterocycles. The Hall–Kier alpha value is -1.69. The van der Waals surface area contributed by atoms with E-state index in [1.165, 1.54) is 51.6 Å². The van der Waals surface area contributed by atoms with Crippen LogP contribution in [0.15, 0.2) is 6.20 Å². The molecule has 3 fully saturated rings. The fourth-order valence-corrected chi connectivity index (χ4v) is 6.16. The van der Waals surface area contributed by atoms with Gasteiger partial charge in [0.2, 0.25) is 5.91 Å². The fraction of sp³-hybridized carbons (Fsp3) is 0.783. The van der Waals surface area contributed by atoms with E-state index in [4.69, 9.17) is 9.97 Å². The highest BCUT2D eigenvalue weighted by atomic mass is 16.2. The van der Waals surface area contributed by atoms with E-state index in [9.17, 15) is 4.79 Å². The second kappa shape index (κ2) is 7.86. The van der Waals surface area contributed by atoms with Gasteiger partial charge in [0.1, 0.15) is 11.5 Å². The first kappa shape index (κ1) is 19.3. The minimum atomic E-state index is 0.118. The highest BCUT2D eigenvalue weighted by Crippen LogP contribution is 2.44. The quantitative estimate of drug-likeness (QED) is 0.784. The van der Waals surface area contributed by atoms with Gasteiger partial charge >= 0.3 is 0 Å². The molecule has 0 spiro atoms. The minimum Gasteiger partial charge on any atom is -0.348 e. The predicted octanol–water partition coefficient (Wildman–Crippen LogP) is 3.26. The summed E-state index contributed by atoms with van der Waals surface area (Å²) in [6.07, 6.45) is 13.7. The molecule has 0 bridgehead atoms. The zero-order valence-electron chi connectivity index (χ0n) is 18.0. The molecule has 4 aliphatic rings. The molecular weight excluding hydrogens is 362 g/mol. The number of fused-ring (bicyclic) bond motifs is 2. The number of hydrogen-bond acceptors (Lipinski definition) is 5. The lowest BCUT2D eigenvalue weighted by Crippen LogP contribution is -2.46. The zero-order chi connectivity index (χ0) is 20.0. The van der Waals surface area contributed by atoms with Crippen molar-refractivity contribution in [2.75, 3.05) is 37.0 Å². The van der Waals surface area contributed by atoms with E-state index in [-0.39, 0.29) is 11.8 Å². The van der Waals surface area contributed by atoms with Gasteiger partial charge in [-0.25, -0.2) is 9.97 Å². The third-order valence-electron chi connectivity index (χ3n) is 7.92. The number of rotatable bonds is 3. The number of carbonyl (C=O) groups excluding carboxylic acids is 1. The van der Waals surface area contributed by atoms with E-state index in [1.54, 1.807) is 0 Å². The summed E-state index contributed by atoms with van der Waals surface area (Å²) in [5, 5.41) is 0. The predicted molar refractivity (Wildman–Crippen MR) is 115 cm³/mol. The number of hydrogen-bond donors (Lipinski definition) is 0. The van der Waals surface area contributed by atoms with Gasteiger partial charge in [-0.15, -0.1) is 0 Å². The zero-order valence-corrected chi connectivity index (χ0v) is 18.0. The molecule has 0 unspecified atom stereocenters. The van der Waals surface area contributed by atoms with Gasteiger partial charge in [0, 0.05) is 25.6 Å². The molecular formula is C23H35N5O. The third-order valence-corrected chi connectivity index (χ3v) is 7.92. The highest BCUT2D eigenvalue weighted by molar-refractivity contribution is 5.99. The first-order valence-corrected chi connectivity index (χ1v) is 11.7. The Morgan fingerprint density at radius 2 is 1.76 bits per heavy atom. The molecule has 0 radical (unpaired) electrons. The van der Waals surface area contributed by atoms with Crippen molar-refractivity contribution in [1.82, 2.24) is 14.9 Å². The van der Waals surface area contributed by atoms with Crippen LogP contribution in [0.4, 0.5) is 11.5 Å². The Labute approximate surface area is 174 Å². The van der Waals surface area contributed by atoms with E-state index in [0.717, 1.165) is 43.0 Å². The summed E-state index contributed by atoms with van der Waals surface area (Å²) in [7, 11) is 4.13. The summed E-state index contributed by atoms with van der Waals surface area (Å²) in [6, 6.07) is 0.852. The van der Waals surface area contributed by atoms with Crippen LogP contribution in [0.3, 0.4) is 0 Å². The van der Waals surface area contributed by atoms with Crippen molar-refractivity contribution in [3.63, 3.8) is 0 Å². The number of anilines is 2. The Bertz CT molecular complexity index is 754. The number of amides is 1. The van der Waals surface area contributed by atoms with Gasteiger partial charge in [0.15, 0.2) is 5.82 Å². The molecule has 1 aromatic rings. The van der Waals surface area contributed by atoms with Gasteiger partial charge in [0.25, 0.3) is 0 Å². The van der Waals surface area contributed by atoms with Crippen molar-refractivity contribution < 1.29 is 4.79 Å². The Balaban J connectivity index is 1.50. The molecule has 0 aromatic carbocycles. The summed E-state index contributed by atoms with van der Waals surface area (Å²) >= 11 is 0. The van der Waals surface area contributed by atoms with Crippen LogP contribution < -0.4 is 9.80 Å². The van der Waals surface area contributed by atoms with Crippen molar-refractivity contribution in [1.29, 1.82) is 0 Å². The van der Waals surface area contributed by atoms with Crippen LogP contribution in [-0.4, -0.2) is 60.0 Å². The largest absolute Gasteiger partial charge is 0.348 e. The van der Waals surface area contributed by atoms with E-state index in [1.807, 2.05) is 18.1 Å². The minimum absolute atomic E-state index is 0.118. The van der Waals surface area contributed by atoms with E-state index in [0.29, 0.717) is 18.0 Å². The molecule has 6 nitrogen and oxygen atoms in total. The molecule has 2 saturated carbocycles. The van der Waals surface area contributed by atoms with Crippen molar-refractivity contribution in [2.45, 2.75) is 76.3 Å².